The van der Waals surface area contributed by atoms with Gasteiger partial charge in [0.15, 0.2) is 0 Å². The van der Waals surface area contributed by atoms with Crippen molar-refractivity contribution in [2.24, 2.45) is 0 Å². The van der Waals surface area contributed by atoms with E-state index < -0.39 is 0 Å². The predicted molar refractivity (Wildman–Crippen MR) is 73.4 cm³/mol. The van der Waals surface area contributed by atoms with Crippen LogP contribution in [0, 0.1) is 0 Å². The van der Waals surface area contributed by atoms with Crippen molar-refractivity contribution >= 4 is 0 Å². The van der Waals surface area contributed by atoms with E-state index in [0.717, 1.165) is 19.3 Å². The van der Waals surface area contributed by atoms with E-state index in [0.29, 0.717) is 18.1 Å². The third kappa shape index (κ3) is 2.08. The molecule has 3 rings (SSSR count). The molecule has 0 aromatic heterocycles. The minimum absolute atomic E-state index is 0.118. The van der Waals surface area contributed by atoms with Crippen LogP contribution in [0.5, 0.6) is 0 Å². The van der Waals surface area contributed by atoms with Crippen LogP contribution < -0.4 is 0 Å². The highest BCUT2D eigenvalue weighted by molar-refractivity contribution is 5.19. The van der Waals surface area contributed by atoms with Gasteiger partial charge in [-0.3, -0.25) is 4.90 Å². The fraction of sp³-hybridized carbons (Fsp3) is 0.625. The second-order valence-corrected chi connectivity index (χ2v) is 5.83. The van der Waals surface area contributed by atoms with Gasteiger partial charge in [0.2, 0.25) is 0 Å². The largest absolute Gasteiger partial charge is 0.391 e. The van der Waals surface area contributed by atoms with Crippen molar-refractivity contribution in [1.82, 2.24) is 4.90 Å². The van der Waals surface area contributed by atoms with E-state index in [1.54, 1.807) is 0 Å². The van der Waals surface area contributed by atoms with Gasteiger partial charge in [-0.25, -0.2) is 0 Å². The molecule has 2 saturated heterocycles. The summed E-state index contributed by atoms with van der Waals surface area (Å²) in [5.41, 5.74) is 1.38. The topological polar surface area (TPSA) is 23.5 Å². The van der Waals surface area contributed by atoms with Gasteiger partial charge in [-0.1, -0.05) is 36.8 Å². The van der Waals surface area contributed by atoms with Gasteiger partial charge in [-0.15, -0.1) is 0 Å². The van der Waals surface area contributed by atoms with E-state index in [1.807, 2.05) is 0 Å². The SMILES string of the molecule is CC(c1ccccc1)N1[C@@H]2CCC[C@H]1[C@@H](O)CC2. The molecule has 1 N–H and O–H groups in total. The lowest BCUT2D eigenvalue weighted by atomic mass is 9.81. The van der Waals surface area contributed by atoms with E-state index in [9.17, 15) is 5.11 Å². The Kier molecular flexibility index (Phi) is 3.40. The number of fused-ring (bicyclic) bond motifs is 2. The summed E-state index contributed by atoms with van der Waals surface area (Å²) in [6, 6.07) is 12.2. The molecule has 18 heavy (non-hydrogen) atoms. The Bertz CT molecular complexity index is 391. The molecule has 2 bridgehead atoms. The second kappa shape index (κ2) is 5.02. The summed E-state index contributed by atoms with van der Waals surface area (Å²) in [4.78, 5) is 2.59. The highest BCUT2D eigenvalue weighted by atomic mass is 16.3. The molecule has 98 valence electrons. The zero-order chi connectivity index (χ0) is 12.5. The fourth-order valence-electron chi connectivity index (χ4n) is 3.88. The van der Waals surface area contributed by atoms with Crippen LogP contribution in [-0.2, 0) is 0 Å². The highest BCUT2D eigenvalue weighted by Gasteiger charge is 2.41. The predicted octanol–water partition coefficient (Wildman–Crippen LogP) is 3.13. The Hall–Kier alpha value is -0.860. The molecule has 2 fully saturated rings. The number of nitrogens with zero attached hydrogens (tertiary/aromatic N) is 1. The zero-order valence-electron chi connectivity index (χ0n) is 11.1. The Balaban J connectivity index is 1.86. The lowest BCUT2D eigenvalue weighted by molar-refractivity contribution is -0.0685. The molecule has 0 amide bonds. The third-order valence-corrected chi connectivity index (χ3v) is 4.81. The van der Waals surface area contributed by atoms with Crippen LogP contribution in [0.1, 0.15) is 50.6 Å². The van der Waals surface area contributed by atoms with Gasteiger partial charge >= 0.3 is 0 Å². The van der Waals surface area contributed by atoms with Crippen LogP contribution >= 0.6 is 0 Å². The van der Waals surface area contributed by atoms with Gasteiger partial charge in [0, 0.05) is 18.1 Å². The number of aliphatic hydroxyl groups is 1. The third-order valence-electron chi connectivity index (χ3n) is 4.81. The normalized spacial score (nSPS) is 34.2. The summed E-state index contributed by atoms with van der Waals surface area (Å²) in [7, 11) is 0. The fourth-order valence-corrected chi connectivity index (χ4v) is 3.88. The lowest BCUT2D eigenvalue weighted by Gasteiger charge is -2.51. The first kappa shape index (κ1) is 12.2. The molecular formula is C16H23NO. The van der Waals surface area contributed by atoms with E-state index in [-0.39, 0.29) is 6.10 Å². The number of hydrogen-bond donors (Lipinski definition) is 1. The summed E-state index contributed by atoms with van der Waals surface area (Å²) in [5, 5.41) is 10.2. The van der Waals surface area contributed by atoms with Crippen molar-refractivity contribution in [2.75, 3.05) is 0 Å². The van der Waals surface area contributed by atoms with Gasteiger partial charge in [0.05, 0.1) is 6.10 Å². The van der Waals surface area contributed by atoms with Crippen LogP contribution in [0.25, 0.3) is 0 Å². The molecule has 4 atom stereocenters. The standard InChI is InChI=1S/C16H23NO/c1-12(13-6-3-2-4-7-13)17-14-8-5-9-15(17)16(18)11-10-14/h2-4,6-7,12,14-16,18H,5,8-11H2,1H3/t12?,14-,15+,16+/m1/s1. The Morgan fingerprint density at radius 1 is 1.11 bits per heavy atom. The summed E-state index contributed by atoms with van der Waals surface area (Å²) in [5.74, 6) is 0. The molecule has 0 spiro atoms. The number of rotatable bonds is 2. The summed E-state index contributed by atoms with van der Waals surface area (Å²) in [6.45, 7) is 2.29. The van der Waals surface area contributed by atoms with Gasteiger partial charge in [0.25, 0.3) is 0 Å². The van der Waals surface area contributed by atoms with Crippen LogP contribution in [0.3, 0.4) is 0 Å². The van der Waals surface area contributed by atoms with Crippen molar-refractivity contribution in [1.29, 1.82) is 0 Å². The Morgan fingerprint density at radius 2 is 1.89 bits per heavy atom. The highest BCUT2D eigenvalue weighted by Crippen LogP contribution is 2.39. The molecule has 2 aliphatic rings. The number of aliphatic hydroxyl groups excluding tert-OH is 1. The second-order valence-electron chi connectivity index (χ2n) is 5.83. The Labute approximate surface area is 110 Å². The molecule has 1 aromatic carbocycles. The van der Waals surface area contributed by atoms with Crippen molar-refractivity contribution in [3.63, 3.8) is 0 Å². The molecule has 0 saturated carbocycles. The van der Waals surface area contributed by atoms with Crippen LogP contribution in [0.4, 0.5) is 0 Å². The molecule has 0 aliphatic carbocycles. The molecule has 2 heterocycles. The zero-order valence-corrected chi connectivity index (χ0v) is 11.1. The molecule has 0 radical (unpaired) electrons. The minimum Gasteiger partial charge on any atom is -0.391 e. The van der Waals surface area contributed by atoms with Crippen molar-refractivity contribution in [2.45, 2.75) is 63.3 Å². The average molecular weight is 245 g/mol. The number of benzene rings is 1. The van der Waals surface area contributed by atoms with Gasteiger partial charge in [0.1, 0.15) is 0 Å². The molecule has 1 aromatic rings. The lowest BCUT2D eigenvalue weighted by Crippen LogP contribution is -2.56. The number of piperidine rings is 2. The summed E-state index contributed by atoms with van der Waals surface area (Å²) < 4.78 is 0. The summed E-state index contributed by atoms with van der Waals surface area (Å²) >= 11 is 0. The molecular weight excluding hydrogens is 222 g/mol. The van der Waals surface area contributed by atoms with Gasteiger partial charge in [-0.05, 0) is 38.2 Å². The van der Waals surface area contributed by atoms with Crippen molar-refractivity contribution < 1.29 is 5.11 Å². The van der Waals surface area contributed by atoms with E-state index >= 15 is 0 Å². The monoisotopic (exact) mass is 245 g/mol. The van der Waals surface area contributed by atoms with Gasteiger partial charge < -0.3 is 5.11 Å². The van der Waals surface area contributed by atoms with Gasteiger partial charge in [-0.2, -0.15) is 0 Å². The smallest absolute Gasteiger partial charge is 0.0696 e. The molecule has 2 heteroatoms. The molecule has 2 nitrogen and oxygen atoms in total. The quantitative estimate of drug-likeness (QED) is 0.865. The first-order valence-electron chi connectivity index (χ1n) is 7.28. The first-order chi connectivity index (χ1) is 8.77. The van der Waals surface area contributed by atoms with Crippen LogP contribution in [0.15, 0.2) is 30.3 Å². The maximum Gasteiger partial charge on any atom is 0.0696 e. The van der Waals surface area contributed by atoms with Crippen LogP contribution in [-0.4, -0.2) is 28.2 Å². The molecule has 1 unspecified atom stereocenters. The summed E-state index contributed by atoms with van der Waals surface area (Å²) in [6.07, 6.45) is 5.79. The number of hydrogen-bond acceptors (Lipinski definition) is 2. The van der Waals surface area contributed by atoms with E-state index in [4.69, 9.17) is 0 Å². The van der Waals surface area contributed by atoms with Crippen LogP contribution in [0.2, 0.25) is 0 Å². The van der Waals surface area contributed by atoms with Crippen molar-refractivity contribution in [3.05, 3.63) is 35.9 Å². The van der Waals surface area contributed by atoms with Crippen molar-refractivity contribution in [3.8, 4) is 0 Å². The first-order valence-corrected chi connectivity index (χ1v) is 7.28. The average Bonchev–Trinajstić information content (AvgIpc) is 2.43. The Morgan fingerprint density at radius 3 is 2.67 bits per heavy atom. The molecule has 2 aliphatic heterocycles. The maximum absolute atomic E-state index is 10.2. The van der Waals surface area contributed by atoms with E-state index in [1.165, 1.54) is 18.4 Å². The van der Waals surface area contributed by atoms with E-state index in [2.05, 4.69) is 42.2 Å². The maximum atomic E-state index is 10.2. The minimum atomic E-state index is -0.118.